The van der Waals surface area contributed by atoms with Gasteiger partial charge in [-0.05, 0) is 63.1 Å². The molecule has 0 radical (unpaired) electrons. The third-order valence-electron chi connectivity index (χ3n) is 7.94. The van der Waals surface area contributed by atoms with Crippen LogP contribution in [0.15, 0.2) is 127 Å². The first kappa shape index (κ1) is 30.3. The molecule has 2 N–H and O–H groups in total. The van der Waals surface area contributed by atoms with E-state index in [1.165, 1.54) is 4.90 Å². The predicted octanol–water partition coefficient (Wildman–Crippen LogP) is 8.36. The maximum Gasteiger partial charge on any atom is 0.326 e. The molecular weight excluding hydrogens is 546 g/mol. The number of benzene rings is 5. The standard InChI is InChI=1S/C39H37NO4/c1-39(2,3)34-22-23-36(41)33(25-34)26-40(37(42)32-20-18-31(19-21-32)29-12-8-5-9-13-29)35(38(43)44)24-27-14-16-30(17-15-27)28-10-6-4-7-11-28/h4-23,25,35,41H,24,26H2,1-3H3,(H,43,44)/t35-/m0/s1. The monoisotopic (exact) mass is 583 g/mol. The van der Waals surface area contributed by atoms with E-state index in [0.717, 1.165) is 33.4 Å². The molecule has 0 saturated heterocycles. The Morgan fingerprint density at radius 1 is 0.682 bits per heavy atom. The summed E-state index contributed by atoms with van der Waals surface area (Å²) in [6, 6.07) is 39.0. The number of carboxylic acids is 1. The third kappa shape index (κ3) is 7.07. The van der Waals surface area contributed by atoms with Crippen molar-refractivity contribution in [2.24, 2.45) is 0 Å². The van der Waals surface area contributed by atoms with Crippen molar-refractivity contribution in [3.63, 3.8) is 0 Å². The number of aromatic hydroxyl groups is 1. The molecule has 5 aromatic carbocycles. The first-order valence-electron chi connectivity index (χ1n) is 14.8. The zero-order valence-corrected chi connectivity index (χ0v) is 25.3. The van der Waals surface area contributed by atoms with Crippen LogP contribution in [0.2, 0.25) is 0 Å². The van der Waals surface area contributed by atoms with Gasteiger partial charge in [-0.15, -0.1) is 0 Å². The molecule has 1 amide bonds. The highest BCUT2D eigenvalue weighted by atomic mass is 16.4. The topological polar surface area (TPSA) is 77.8 Å². The molecule has 0 aliphatic heterocycles. The van der Waals surface area contributed by atoms with Gasteiger partial charge in [0.25, 0.3) is 5.91 Å². The minimum Gasteiger partial charge on any atom is -0.508 e. The summed E-state index contributed by atoms with van der Waals surface area (Å²) in [5.41, 5.74) is 6.52. The van der Waals surface area contributed by atoms with E-state index in [1.54, 1.807) is 18.2 Å². The van der Waals surface area contributed by atoms with Gasteiger partial charge in [0, 0.05) is 17.5 Å². The molecule has 0 bridgehead atoms. The van der Waals surface area contributed by atoms with Crippen LogP contribution in [0.25, 0.3) is 22.3 Å². The minimum atomic E-state index is -1.17. The van der Waals surface area contributed by atoms with Crippen LogP contribution < -0.4 is 0 Å². The highest BCUT2D eigenvalue weighted by molar-refractivity contribution is 5.97. The largest absolute Gasteiger partial charge is 0.508 e. The zero-order valence-electron chi connectivity index (χ0n) is 25.3. The number of aliphatic carboxylic acids is 1. The van der Waals surface area contributed by atoms with Crippen molar-refractivity contribution in [3.05, 3.63) is 150 Å². The Labute approximate surface area is 259 Å². The Morgan fingerprint density at radius 3 is 1.68 bits per heavy atom. The lowest BCUT2D eigenvalue weighted by atomic mass is 9.86. The molecule has 5 heteroatoms. The molecule has 5 aromatic rings. The van der Waals surface area contributed by atoms with E-state index in [4.69, 9.17) is 0 Å². The van der Waals surface area contributed by atoms with Gasteiger partial charge < -0.3 is 15.1 Å². The summed E-state index contributed by atoms with van der Waals surface area (Å²) in [4.78, 5) is 28.4. The Morgan fingerprint density at radius 2 is 1.18 bits per heavy atom. The van der Waals surface area contributed by atoms with Crippen LogP contribution in [-0.4, -0.2) is 33.0 Å². The fourth-order valence-electron chi connectivity index (χ4n) is 5.31. The van der Waals surface area contributed by atoms with E-state index in [1.807, 2.05) is 109 Å². The van der Waals surface area contributed by atoms with E-state index in [9.17, 15) is 19.8 Å². The normalized spacial score (nSPS) is 12.0. The van der Waals surface area contributed by atoms with Gasteiger partial charge in [0.05, 0.1) is 6.54 Å². The number of hydrogen-bond donors (Lipinski definition) is 2. The Kier molecular flexibility index (Phi) is 8.96. The molecule has 0 aliphatic rings. The number of carbonyl (C=O) groups excluding carboxylic acids is 1. The van der Waals surface area contributed by atoms with E-state index < -0.39 is 17.9 Å². The quantitative estimate of drug-likeness (QED) is 0.183. The summed E-state index contributed by atoms with van der Waals surface area (Å²) in [5.74, 6) is -1.51. The molecule has 0 aliphatic carbocycles. The molecule has 222 valence electrons. The van der Waals surface area contributed by atoms with Gasteiger partial charge in [0.1, 0.15) is 11.8 Å². The molecule has 0 spiro atoms. The summed E-state index contributed by atoms with van der Waals surface area (Å²) >= 11 is 0. The van der Waals surface area contributed by atoms with Crippen LogP contribution in [0.3, 0.4) is 0 Å². The van der Waals surface area contributed by atoms with Gasteiger partial charge in [-0.25, -0.2) is 4.79 Å². The first-order chi connectivity index (χ1) is 21.1. The van der Waals surface area contributed by atoms with Gasteiger partial charge in [-0.1, -0.05) is 124 Å². The number of carboxylic acid groups (broad SMARTS) is 1. The van der Waals surface area contributed by atoms with Gasteiger partial charge in [-0.2, -0.15) is 0 Å². The Bertz CT molecular complexity index is 1720. The van der Waals surface area contributed by atoms with Crippen LogP contribution in [0.4, 0.5) is 0 Å². The van der Waals surface area contributed by atoms with E-state index in [0.29, 0.717) is 11.1 Å². The molecule has 0 saturated carbocycles. The molecule has 0 aromatic heterocycles. The molecule has 0 fully saturated rings. The second-order valence-electron chi connectivity index (χ2n) is 12.1. The number of phenols is 1. The van der Waals surface area contributed by atoms with Gasteiger partial charge in [0.2, 0.25) is 0 Å². The summed E-state index contributed by atoms with van der Waals surface area (Å²) in [6.45, 7) is 6.15. The highest BCUT2D eigenvalue weighted by Gasteiger charge is 2.32. The van der Waals surface area contributed by atoms with Crippen molar-refractivity contribution >= 4 is 11.9 Å². The average molecular weight is 584 g/mol. The summed E-state index contributed by atoms with van der Waals surface area (Å²) < 4.78 is 0. The smallest absolute Gasteiger partial charge is 0.326 e. The highest BCUT2D eigenvalue weighted by Crippen LogP contribution is 2.30. The Balaban J connectivity index is 1.50. The third-order valence-corrected chi connectivity index (χ3v) is 7.94. The molecule has 44 heavy (non-hydrogen) atoms. The number of phenolic OH excluding ortho intramolecular Hbond substituents is 1. The summed E-state index contributed by atoms with van der Waals surface area (Å²) in [5, 5.41) is 21.3. The molecule has 0 heterocycles. The van der Waals surface area contributed by atoms with Crippen molar-refractivity contribution in [1.82, 2.24) is 4.90 Å². The maximum atomic E-state index is 14.1. The number of amides is 1. The van der Waals surface area contributed by atoms with Crippen LogP contribution in [0.5, 0.6) is 5.75 Å². The van der Waals surface area contributed by atoms with Crippen LogP contribution in [-0.2, 0) is 23.2 Å². The van der Waals surface area contributed by atoms with E-state index in [-0.39, 0.29) is 24.1 Å². The fraction of sp³-hybridized carbons (Fsp3) is 0.179. The zero-order chi connectivity index (χ0) is 31.3. The number of rotatable bonds is 9. The molecule has 1 atom stereocenters. The van der Waals surface area contributed by atoms with Crippen LogP contribution in [0.1, 0.15) is 47.8 Å². The predicted molar refractivity (Wildman–Crippen MR) is 176 cm³/mol. The molecule has 5 rings (SSSR count). The average Bonchev–Trinajstić information content (AvgIpc) is 3.04. The summed E-state index contributed by atoms with van der Waals surface area (Å²) in [7, 11) is 0. The van der Waals surface area contributed by atoms with Crippen molar-refractivity contribution in [2.75, 3.05) is 0 Å². The van der Waals surface area contributed by atoms with Crippen molar-refractivity contribution in [2.45, 2.75) is 45.2 Å². The van der Waals surface area contributed by atoms with Crippen molar-refractivity contribution in [3.8, 4) is 28.0 Å². The molecule has 0 unspecified atom stereocenters. The van der Waals surface area contributed by atoms with E-state index >= 15 is 0 Å². The summed E-state index contributed by atoms with van der Waals surface area (Å²) in [6.07, 6.45) is 0.109. The first-order valence-corrected chi connectivity index (χ1v) is 14.8. The number of nitrogens with zero attached hydrogens (tertiary/aromatic N) is 1. The van der Waals surface area contributed by atoms with Crippen molar-refractivity contribution < 1.29 is 19.8 Å². The Hall–Kier alpha value is -5.16. The lowest BCUT2D eigenvalue weighted by Gasteiger charge is -2.30. The lowest BCUT2D eigenvalue weighted by Crippen LogP contribution is -2.46. The van der Waals surface area contributed by atoms with Crippen molar-refractivity contribution in [1.29, 1.82) is 0 Å². The number of carbonyl (C=O) groups is 2. The maximum absolute atomic E-state index is 14.1. The number of hydrogen-bond acceptors (Lipinski definition) is 3. The van der Waals surface area contributed by atoms with Gasteiger partial charge >= 0.3 is 5.97 Å². The van der Waals surface area contributed by atoms with Crippen LogP contribution in [0, 0.1) is 0 Å². The lowest BCUT2D eigenvalue weighted by molar-refractivity contribution is -0.142. The minimum absolute atomic E-state index is 0.0200. The second-order valence-corrected chi connectivity index (χ2v) is 12.1. The molecular formula is C39H37NO4. The second kappa shape index (κ2) is 13.0. The van der Waals surface area contributed by atoms with Crippen LogP contribution >= 0.6 is 0 Å². The molecule has 5 nitrogen and oxygen atoms in total. The fourth-order valence-corrected chi connectivity index (χ4v) is 5.31. The van der Waals surface area contributed by atoms with Gasteiger partial charge in [0.15, 0.2) is 0 Å². The SMILES string of the molecule is CC(C)(C)c1ccc(O)c(CN(C(=O)c2ccc(-c3ccccc3)cc2)[C@@H](Cc2ccc(-c3ccccc3)cc2)C(=O)O)c1. The van der Waals surface area contributed by atoms with E-state index in [2.05, 4.69) is 20.8 Å². The van der Waals surface area contributed by atoms with Gasteiger partial charge in [-0.3, -0.25) is 4.79 Å².